The van der Waals surface area contributed by atoms with Crippen LogP contribution in [0.2, 0.25) is 0 Å². The zero-order valence-corrected chi connectivity index (χ0v) is 9.56. The summed E-state index contributed by atoms with van der Waals surface area (Å²) in [7, 11) is 4.36. The first-order valence-electron chi connectivity index (χ1n) is 5.63. The molecule has 0 saturated heterocycles. The standard InChI is InChI=1S/C10H17N.C2H6/c1-11(2)7-9-4-3-8-5-6-10(8)9;1-2/h9H,3-7H2,1-2H3;1-2H3/t9-;/m1./s1. The van der Waals surface area contributed by atoms with Crippen LogP contribution in [-0.4, -0.2) is 25.5 Å². The average molecular weight is 181 g/mol. The first-order valence-corrected chi connectivity index (χ1v) is 5.63. The lowest BCUT2D eigenvalue weighted by Crippen LogP contribution is -2.22. The maximum absolute atomic E-state index is 2.32. The van der Waals surface area contributed by atoms with Gasteiger partial charge < -0.3 is 4.90 Å². The van der Waals surface area contributed by atoms with Crippen molar-refractivity contribution >= 4 is 0 Å². The van der Waals surface area contributed by atoms with Crippen LogP contribution in [0.5, 0.6) is 0 Å². The fourth-order valence-electron chi connectivity index (χ4n) is 2.39. The summed E-state index contributed by atoms with van der Waals surface area (Å²) in [6, 6.07) is 0. The summed E-state index contributed by atoms with van der Waals surface area (Å²) in [5, 5.41) is 0. The van der Waals surface area contributed by atoms with E-state index in [2.05, 4.69) is 19.0 Å². The Kier molecular flexibility index (Phi) is 3.98. The highest BCUT2D eigenvalue weighted by atomic mass is 15.1. The van der Waals surface area contributed by atoms with E-state index in [0.29, 0.717) is 0 Å². The molecule has 1 atom stereocenters. The van der Waals surface area contributed by atoms with Gasteiger partial charge in [0.05, 0.1) is 0 Å². The Hall–Kier alpha value is -0.300. The van der Waals surface area contributed by atoms with Crippen molar-refractivity contribution in [1.82, 2.24) is 4.90 Å². The van der Waals surface area contributed by atoms with Crippen molar-refractivity contribution in [3.8, 4) is 0 Å². The third kappa shape index (κ3) is 2.34. The van der Waals surface area contributed by atoms with Gasteiger partial charge in [-0.05, 0) is 45.7 Å². The van der Waals surface area contributed by atoms with Crippen molar-refractivity contribution in [2.24, 2.45) is 5.92 Å². The zero-order chi connectivity index (χ0) is 9.84. The molecule has 0 heterocycles. The molecule has 0 amide bonds. The summed E-state index contributed by atoms with van der Waals surface area (Å²) in [6.07, 6.45) is 5.67. The third-order valence-corrected chi connectivity index (χ3v) is 3.02. The smallest absolute Gasteiger partial charge is 0.00411 e. The molecule has 13 heavy (non-hydrogen) atoms. The minimum atomic E-state index is 0.925. The summed E-state index contributed by atoms with van der Waals surface area (Å²) < 4.78 is 0. The first kappa shape index (κ1) is 10.8. The maximum atomic E-state index is 2.32. The molecule has 0 aliphatic heterocycles. The molecule has 2 rings (SSSR count). The maximum Gasteiger partial charge on any atom is 0.00411 e. The van der Waals surface area contributed by atoms with Crippen LogP contribution in [-0.2, 0) is 0 Å². The van der Waals surface area contributed by atoms with Gasteiger partial charge in [-0.3, -0.25) is 0 Å². The summed E-state index contributed by atoms with van der Waals surface area (Å²) >= 11 is 0. The van der Waals surface area contributed by atoms with Crippen LogP contribution in [0.3, 0.4) is 0 Å². The van der Waals surface area contributed by atoms with Gasteiger partial charge in [0, 0.05) is 6.54 Å². The van der Waals surface area contributed by atoms with Crippen LogP contribution in [0, 0.1) is 5.92 Å². The summed E-state index contributed by atoms with van der Waals surface area (Å²) in [5.41, 5.74) is 3.62. The van der Waals surface area contributed by atoms with Gasteiger partial charge in [-0.1, -0.05) is 25.0 Å². The fourth-order valence-corrected chi connectivity index (χ4v) is 2.39. The molecule has 0 fully saturated rings. The second kappa shape index (κ2) is 4.80. The molecule has 1 nitrogen and oxygen atoms in total. The summed E-state index contributed by atoms with van der Waals surface area (Å²) in [6.45, 7) is 5.28. The monoisotopic (exact) mass is 181 g/mol. The van der Waals surface area contributed by atoms with Gasteiger partial charge in [0.2, 0.25) is 0 Å². The highest BCUT2D eigenvalue weighted by Gasteiger charge is 2.30. The van der Waals surface area contributed by atoms with Gasteiger partial charge in [0.25, 0.3) is 0 Å². The molecule has 2 aliphatic carbocycles. The Morgan fingerprint density at radius 2 is 1.85 bits per heavy atom. The number of nitrogens with zero attached hydrogens (tertiary/aromatic N) is 1. The topological polar surface area (TPSA) is 3.24 Å². The highest BCUT2D eigenvalue weighted by molar-refractivity contribution is 5.31. The Bertz CT molecular complexity index is 191. The summed E-state index contributed by atoms with van der Waals surface area (Å²) in [5.74, 6) is 0.925. The van der Waals surface area contributed by atoms with Crippen molar-refractivity contribution in [1.29, 1.82) is 0 Å². The zero-order valence-electron chi connectivity index (χ0n) is 9.56. The Labute approximate surface area is 82.8 Å². The SMILES string of the molecule is CC.CN(C)C[C@H]1CCC2=C1CC2. The highest BCUT2D eigenvalue weighted by Crippen LogP contribution is 2.44. The molecule has 0 aromatic carbocycles. The van der Waals surface area contributed by atoms with E-state index in [1.165, 1.54) is 32.2 Å². The molecule has 0 unspecified atom stereocenters. The van der Waals surface area contributed by atoms with Crippen molar-refractivity contribution in [3.05, 3.63) is 11.1 Å². The number of hydrogen-bond acceptors (Lipinski definition) is 1. The van der Waals surface area contributed by atoms with Crippen LogP contribution >= 0.6 is 0 Å². The van der Waals surface area contributed by atoms with Gasteiger partial charge >= 0.3 is 0 Å². The molecular weight excluding hydrogens is 158 g/mol. The predicted molar refractivity (Wildman–Crippen MR) is 58.9 cm³/mol. The molecule has 0 N–H and O–H groups in total. The predicted octanol–water partition coefficient (Wildman–Crippen LogP) is 3.07. The van der Waals surface area contributed by atoms with E-state index in [4.69, 9.17) is 0 Å². The number of rotatable bonds is 2. The van der Waals surface area contributed by atoms with E-state index < -0.39 is 0 Å². The van der Waals surface area contributed by atoms with E-state index in [-0.39, 0.29) is 0 Å². The third-order valence-electron chi connectivity index (χ3n) is 3.02. The molecule has 0 saturated carbocycles. The normalized spacial score (nSPS) is 25.2. The molecule has 0 spiro atoms. The van der Waals surface area contributed by atoms with Gasteiger partial charge in [-0.15, -0.1) is 0 Å². The van der Waals surface area contributed by atoms with Crippen LogP contribution in [0.15, 0.2) is 11.1 Å². The largest absolute Gasteiger partial charge is 0.309 e. The molecule has 0 aromatic heterocycles. The van der Waals surface area contributed by atoms with E-state index in [9.17, 15) is 0 Å². The quantitative estimate of drug-likeness (QED) is 0.592. The van der Waals surface area contributed by atoms with Crippen molar-refractivity contribution in [2.75, 3.05) is 20.6 Å². The van der Waals surface area contributed by atoms with Gasteiger partial charge in [-0.2, -0.15) is 0 Å². The van der Waals surface area contributed by atoms with Gasteiger partial charge in [0.15, 0.2) is 0 Å². The van der Waals surface area contributed by atoms with E-state index in [1.807, 2.05) is 19.4 Å². The van der Waals surface area contributed by atoms with Crippen LogP contribution < -0.4 is 0 Å². The van der Waals surface area contributed by atoms with Gasteiger partial charge in [0.1, 0.15) is 0 Å². The van der Waals surface area contributed by atoms with E-state index in [1.54, 1.807) is 5.57 Å². The minimum absolute atomic E-state index is 0.925. The minimum Gasteiger partial charge on any atom is -0.309 e. The fraction of sp³-hybridized carbons (Fsp3) is 0.833. The Morgan fingerprint density at radius 3 is 2.23 bits per heavy atom. The van der Waals surface area contributed by atoms with E-state index >= 15 is 0 Å². The lowest BCUT2D eigenvalue weighted by Gasteiger charge is -2.24. The second-order valence-electron chi connectivity index (χ2n) is 4.13. The molecule has 2 aliphatic rings. The molecule has 0 radical (unpaired) electrons. The molecule has 0 bridgehead atoms. The number of hydrogen-bond donors (Lipinski definition) is 0. The molecule has 0 aromatic rings. The Balaban J connectivity index is 0.000000396. The van der Waals surface area contributed by atoms with Crippen LogP contribution in [0.25, 0.3) is 0 Å². The van der Waals surface area contributed by atoms with Crippen molar-refractivity contribution in [2.45, 2.75) is 39.5 Å². The lowest BCUT2D eigenvalue weighted by molar-refractivity contribution is 0.345. The van der Waals surface area contributed by atoms with E-state index in [0.717, 1.165) is 5.92 Å². The van der Waals surface area contributed by atoms with Gasteiger partial charge in [-0.25, -0.2) is 0 Å². The van der Waals surface area contributed by atoms with Crippen molar-refractivity contribution in [3.63, 3.8) is 0 Å². The summed E-state index contributed by atoms with van der Waals surface area (Å²) in [4.78, 5) is 2.32. The lowest BCUT2D eigenvalue weighted by atomic mass is 9.86. The molecule has 1 heteroatoms. The molecule has 76 valence electrons. The van der Waals surface area contributed by atoms with Crippen LogP contribution in [0.4, 0.5) is 0 Å². The van der Waals surface area contributed by atoms with Crippen LogP contribution in [0.1, 0.15) is 39.5 Å². The number of allylic oxidation sites excluding steroid dienone is 1. The second-order valence-corrected chi connectivity index (χ2v) is 4.13. The molecular formula is C12H23N. The first-order chi connectivity index (χ1) is 6.27. The Morgan fingerprint density at radius 1 is 1.15 bits per heavy atom. The van der Waals surface area contributed by atoms with Crippen molar-refractivity contribution < 1.29 is 0 Å². The average Bonchev–Trinajstić information content (AvgIpc) is 2.29.